The van der Waals surface area contributed by atoms with Crippen LogP contribution in [0.25, 0.3) is 0 Å². The van der Waals surface area contributed by atoms with Gasteiger partial charge in [0.05, 0.1) is 11.0 Å². The van der Waals surface area contributed by atoms with Crippen molar-refractivity contribution in [3.8, 4) is 0 Å². The zero-order valence-electron chi connectivity index (χ0n) is 9.11. The van der Waals surface area contributed by atoms with Crippen LogP contribution in [0.1, 0.15) is 32.6 Å². The van der Waals surface area contributed by atoms with Gasteiger partial charge in [0.15, 0.2) is 0 Å². The van der Waals surface area contributed by atoms with E-state index in [0.717, 1.165) is 25.8 Å². The normalized spacial score (nSPS) is 17.7. The summed E-state index contributed by atoms with van der Waals surface area (Å²) in [6, 6.07) is 0.351. The maximum absolute atomic E-state index is 11.3. The Kier molecular flexibility index (Phi) is 4.47. The Morgan fingerprint density at radius 1 is 1.53 bits per heavy atom. The van der Waals surface area contributed by atoms with Crippen LogP contribution in [0.4, 0.5) is 0 Å². The summed E-state index contributed by atoms with van der Waals surface area (Å²) >= 11 is 4.84. The maximum Gasteiger partial charge on any atom is 0.234 e. The first-order chi connectivity index (χ1) is 7.06. The zero-order valence-corrected chi connectivity index (χ0v) is 9.93. The van der Waals surface area contributed by atoms with Crippen LogP contribution < -0.4 is 11.5 Å². The highest BCUT2D eigenvalue weighted by Crippen LogP contribution is 2.29. The minimum absolute atomic E-state index is 0.160. The molecule has 1 aliphatic rings. The van der Waals surface area contributed by atoms with Crippen molar-refractivity contribution in [3.05, 3.63) is 0 Å². The Labute approximate surface area is 96.0 Å². The number of nitrogens with two attached hydrogens (primary N) is 2. The molecule has 0 aromatic heterocycles. The molecular weight excluding hydrogens is 210 g/mol. The fourth-order valence-electron chi connectivity index (χ4n) is 1.84. The molecule has 0 radical (unpaired) electrons. The summed E-state index contributed by atoms with van der Waals surface area (Å²) in [5, 5.41) is 0. The number of amides is 1. The predicted octanol–water partition coefficient (Wildman–Crippen LogP) is 0.391. The molecule has 1 atom stereocenters. The smallest absolute Gasteiger partial charge is 0.234 e. The third kappa shape index (κ3) is 3.76. The van der Waals surface area contributed by atoms with E-state index in [1.807, 2.05) is 6.92 Å². The summed E-state index contributed by atoms with van der Waals surface area (Å²) in [7, 11) is 0. The Bertz CT molecular complexity index is 253. The van der Waals surface area contributed by atoms with Gasteiger partial charge in [0, 0.05) is 19.0 Å². The van der Waals surface area contributed by atoms with Crippen LogP contribution in [0.5, 0.6) is 0 Å². The summed E-state index contributed by atoms with van der Waals surface area (Å²) in [5.74, 6) is -0.243. The van der Waals surface area contributed by atoms with Crippen molar-refractivity contribution in [2.24, 2.45) is 11.5 Å². The molecule has 1 fully saturated rings. The Morgan fingerprint density at radius 2 is 2.13 bits per heavy atom. The molecule has 0 bridgehead atoms. The van der Waals surface area contributed by atoms with Gasteiger partial charge in [-0.25, -0.2) is 0 Å². The number of nitrogens with zero attached hydrogens (tertiary/aromatic N) is 1. The third-order valence-corrected chi connectivity index (χ3v) is 2.95. The largest absolute Gasteiger partial charge is 0.393 e. The van der Waals surface area contributed by atoms with E-state index in [2.05, 4.69) is 4.90 Å². The number of hydrogen-bond donors (Lipinski definition) is 2. The SMILES string of the molecule is CCC(C(N)=O)N(CCC(N)=S)C1CC1. The lowest BCUT2D eigenvalue weighted by Gasteiger charge is -2.28. The number of carbonyl (C=O) groups excluding carboxylic acids is 1. The predicted molar refractivity (Wildman–Crippen MR) is 64.4 cm³/mol. The van der Waals surface area contributed by atoms with Crippen molar-refractivity contribution in [2.45, 2.75) is 44.7 Å². The molecule has 0 aromatic rings. The lowest BCUT2D eigenvalue weighted by atomic mass is 10.1. The van der Waals surface area contributed by atoms with E-state index in [1.165, 1.54) is 0 Å². The fourth-order valence-corrected chi connectivity index (χ4v) is 1.93. The first-order valence-electron chi connectivity index (χ1n) is 5.39. The second kappa shape index (κ2) is 5.42. The van der Waals surface area contributed by atoms with Gasteiger partial charge >= 0.3 is 0 Å². The molecule has 1 amide bonds. The van der Waals surface area contributed by atoms with Crippen LogP contribution in [-0.4, -0.2) is 34.4 Å². The molecule has 1 unspecified atom stereocenters. The summed E-state index contributed by atoms with van der Waals surface area (Å²) in [4.78, 5) is 13.9. The molecule has 0 spiro atoms. The molecule has 1 saturated carbocycles. The highest BCUT2D eigenvalue weighted by atomic mass is 32.1. The molecular formula is C10H19N3OS. The summed E-state index contributed by atoms with van der Waals surface area (Å²) in [6.07, 6.45) is 3.72. The van der Waals surface area contributed by atoms with Gasteiger partial charge in [-0.2, -0.15) is 0 Å². The molecule has 0 heterocycles. The molecule has 4 N–H and O–H groups in total. The van der Waals surface area contributed by atoms with Gasteiger partial charge in [0.2, 0.25) is 5.91 Å². The number of thiocarbonyl (C=S) groups is 1. The highest BCUT2D eigenvalue weighted by molar-refractivity contribution is 7.80. The van der Waals surface area contributed by atoms with Gasteiger partial charge in [-0.1, -0.05) is 19.1 Å². The molecule has 4 nitrogen and oxygen atoms in total. The lowest BCUT2D eigenvalue weighted by Crippen LogP contribution is -2.46. The van der Waals surface area contributed by atoms with Crippen LogP contribution in [0.15, 0.2) is 0 Å². The van der Waals surface area contributed by atoms with Crippen molar-refractivity contribution in [3.63, 3.8) is 0 Å². The lowest BCUT2D eigenvalue weighted by molar-refractivity contribution is -0.123. The second-order valence-electron chi connectivity index (χ2n) is 4.01. The molecule has 0 aromatic carbocycles. The Hall–Kier alpha value is -0.680. The Morgan fingerprint density at radius 3 is 2.47 bits per heavy atom. The van der Waals surface area contributed by atoms with Gasteiger partial charge in [0.25, 0.3) is 0 Å². The van der Waals surface area contributed by atoms with Crippen LogP contribution in [0.2, 0.25) is 0 Å². The first-order valence-corrected chi connectivity index (χ1v) is 5.80. The topological polar surface area (TPSA) is 72.4 Å². The van der Waals surface area contributed by atoms with E-state index in [1.54, 1.807) is 0 Å². The number of carbonyl (C=O) groups is 1. The van der Waals surface area contributed by atoms with Crippen LogP contribution in [0.3, 0.4) is 0 Å². The van der Waals surface area contributed by atoms with Gasteiger partial charge < -0.3 is 11.5 Å². The van der Waals surface area contributed by atoms with E-state index >= 15 is 0 Å². The second-order valence-corrected chi connectivity index (χ2v) is 4.54. The Balaban J connectivity index is 2.54. The van der Waals surface area contributed by atoms with Crippen LogP contribution >= 0.6 is 12.2 Å². The van der Waals surface area contributed by atoms with Crippen molar-refractivity contribution in [1.82, 2.24) is 4.90 Å². The number of hydrogen-bond acceptors (Lipinski definition) is 3. The van der Waals surface area contributed by atoms with Gasteiger partial charge in [0.1, 0.15) is 0 Å². The van der Waals surface area contributed by atoms with E-state index in [0.29, 0.717) is 17.5 Å². The van der Waals surface area contributed by atoms with Gasteiger partial charge in [-0.15, -0.1) is 0 Å². The summed E-state index contributed by atoms with van der Waals surface area (Å²) in [5.41, 5.74) is 10.8. The molecule has 1 aliphatic carbocycles. The maximum atomic E-state index is 11.3. The summed E-state index contributed by atoms with van der Waals surface area (Å²) in [6.45, 7) is 2.73. The van der Waals surface area contributed by atoms with Crippen LogP contribution in [-0.2, 0) is 4.79 Å². The molecule has 15 heavy (non-hydrogen) atoms. The molecule has 1 rings (SSSR count). The monoisotopic (exact) mass is 229 g/mol. The van der Waals surface area contributed by atoms with Gasteiger partial charge in [-0.3, -0.25) is 9.69 Å². The molecule has 0 saturated heterocycles. The van der Waals surface area contributed by atoms with Crippen molar-refractivity contribution in [2.75, 3.05) is 6.54 Å². The average molecular weight is 229 g/mol. The molecule has 5 heteroatoms. The van der Waals surface area contributed by atoms with E-state index in [9.17, 15) is 4.79 Å². The van der Waals surface area contributed by atoms with E-state index < -0.39 is 0 Å². The van der Waals surface area contributed by atoms with E-state index in [4.69, 9.17) is 23.7 Å². The minimum Gasteiger partial charge on any atom is -0.393 e. The molecule has 0 aliphatic heterocycles. The molecule has 86 valence electrons. The average Bonchev–Trinajstić information content (AvgIpc) is 2.94. The van der Waals surface area contributed by atoms with Gasteiger partial charge in [-0.05, 0) is 19.3 Å². The van der Waals surface area contributed by atoms with Crippen molar-refractivity contribution in [1.29, 1.82) is 0 Å². The fraction of sp³-hybridized carbons (Fsp3) is 0.800. The first kappa shape index (κ1) is 12.4. The minimum atomic E-state index is -0.243. The van der Waals surface area contributed by atoms with Crippen LogP contribution in [0, 0.1) is 0 Å². The highest BCUT2D eigenvalue weighted by Gasteiger charge is 2.35. The summed E-state index contributed by atoms with van der Waals surface area (Å²) < 4.78 is 0. The standard InChI is InChI=1S/C10H19N3OS/c1-2-8(10(12)14)13(7-3-4-7)6-5-9(11)15/h7-8H,2-6H2,1H3,(H2,11,15)(H2,12,14). The van der Waals surface area contributed by atoms with Crippen molar-refractivity contribution < 1.29 is 4.79 Å². The quantitative estimate of drug-likeness (QED) is 0.620. The zero-order chi connectivity index (χ0) is 11.4. The number of primary amides is 1. The van der Waals surface area contributed by atoms with Crippen molar-refractivity contribution >= 4 is 23.1 Å². The third-order valence-electron chi connectivity index (χ3n) is 2.75. The number of rotatable bonds is 7. The van der Waals surface area contributed by atoms with E-state index in [-0.39, 0.29) is 11.9 Å².